The van der Waals surface area contributed by atoms with Crippen LogP contribution in [-0.2, 0) is 11.3 Å². The van der Waals surface area contributed by atoms with Gasteiger partial charge in [0.2, 0.25) is 18.6 Å². The van der Waals surface area contributed by atoms with Gasteiger partial charge in [0.15, 0.2) is 11.5 Å². The lowest BCUT2D eigenvalue weighted by atomic mass is 9.96. The Hall–Kier alpha value is -2.43. The van der Waals surface area contributed by atoms with Crippen molar-refractivity contribution in [3.8, 4) is 22.3 Å². The van der Waals surface area contributed by atoms with Crippen molar-refractivity contribution in [1.29, 1.82) is 0 Å². The zero-order valence-electron chi connectivity index (χ0n) is 16.0. The van der Waals surface area contributed by atoms with Crippen molar-refractivity contribution in [2.24, 2.45) is 5.92 Å². The highest BCUT2D eigenvalue weighted by Gasteiger charge is 2.26. The number of amides is 1. The molecule has 0 saturated carbocycles. The van der Waals surface area contributed by atoms with Crippen LogP contribution >= 0.6 is 27.3 Å². The number of ether oxygens (including phenoxy) is 2. The Labute approximate surface area is 185 Å². The van der Waals surface area contributed by atoms with E-state index in [-0.39, 0.29) is 18.6 Å². The largest absolute Gasteiger partial charge is 0.454 e. The van der Waals surface area contributed by atoms with Gasteiger partial charge in [0.25, 0.3) is 5.89 Å². The van der Waals surface area contributed by atoms with Crippen molar-refractivity contribution in [2.45, 2.75) is 19.4 Å². The Kier molecular flexibility index (Phi) is 5.45. The Morgan fingerprint density at radius 1 is 1.17 bits per heavy atom. The third-order valence-electron chi connectivity index (χ3n) is 5.21. The molecule has 1 fully saturated rings. The van der Waals surface area contributed by atoms with Gasteiger partial charge in [0, 0.05) is 17.7 Å². The average molecular weight is 491 g/mol. The van der Waals surface area contributed by atoms with E-state index < -0.39 is 0 Å². The number of nitrogens with one attached hydrogen (secondary N) is 1. The number of anilines is 1. The first kappa shape index (κ1) is 19.5. The molecular formula is C20H19BrN4O4S. The second-order valence-corrected chi connectivity index (χ2v) is 9.68. The van der Waals surface area contributed by atoms with E-state index >= 15 is 0 Å². The number of hydrogen-bond donors (Lipinski definition) is 1. The van der Waals surface area contributed by atoms with E-state index in [9.17, 15) is 4.79 Å². The topological polar surface area (TPSA) is 89.7 Å². The van der Waals surface area contributed by atoms with Crippen LogP contribution < -0.4 is 14.8 Å². The molecule has 0 unspecified atom stereocenters. The molecule has 3 aromatic rings. The number of thiophene rings is 1. The molecule has 0 atom stereocenters. The number of aromatic nitrogens is 2. The Morgan fingerprint density at radius 3 is 2.80 bits per heavy atom. The zero-order chi connectivity index (χ0) is 20.5. The van der Waals surface area contributed by atoms with Crippen LogP contribution in [0.25, 0.3) is 10.8 Å². The lowest BCUT2D eigenvalue weighted by Crippen LogP contribution is -2.37. The van der Waals surface area contributed by atoms with Crippen LogP contribution in [-0.4, -0.2) is 40.9 Å². The van der Waals surface area contributed by atoms with Gasteiger partial charge in [0.05, 0.1) is 15.2 Å². The summed E-state index contributed by atoms with van der Waals surface area (Å²) in [6.45, 7) is 2.43. The van der Waals surface area contributed by atoms with Gasteiger partial charge in [-0.3, -0.25) is 9.69 Å². The van der Waals surface area contributed by atoms with Gasteiger partial charge < -0.3 is 19.2 Å². The number of hydrogen-bond acceptors (Lipinski definition) is 8. The quantitative estimate of drug-likeness (QED) is 0.574. The van der Waals surface area contributed by atoms with E-state index in [0.29, 0.717) is 29.8 Å². The molecule has 0 aliphatic carbocycles. The first-order valence-corrected chi connectivity index (χ1v) is 11.3. The van der Waals surface area contributed by atoms with Crippen molar-refractivity contribution in [2.75, 3.05) is 25.2 Å². The maximum Gasteiger partial charge on any atom is 0.257 e. The van der Waals surface area contributed by atoms with Gasteiger partial charge >= 0.3 is 0 Å². The third-order valence-corrected chi connectivity index (χ3v) is 6.82. The summed E-state index contributed by atoms with van der Waals surface area (Å²) >= 11 is 5.00. The van der Waals surface area contributed by atoms with Crippen LogP contribution in [0.5, 0.6) is 11.5 Å². The van der Waals surface area contributed by atoms with Crippen LogP contribution in [0.15, 0.2) is 38.5 Å². The van der Waals surface area contributed by atoms with Gasteiger partial charge in [-0.2, -0.15) is 0 Å². The predicted molar refractivity (Wildman–Crippen MR) is 115 cm³/mol. The summed E-state index contributed by atoms with van der Waals surface area (Å²) in [6.07, 6.45) is 1.57. The number of benzene rings is 1. The molecule has 1 amide bonds. The molecule has 156 valence electrons. The van der Waals surface area contributed by atoms with Gasteiger partial charge in [0.1, 0.15) is 0 Å². The summed E-state index contributed by atoms with van der Waals surface area (Å²) < 4.78 is 17.5. The fourth-order valence-corrected chi connectivity index (χ4v) is 4.92. The van der Waals surface area contributed by atoms with E-state index in [0.717, 1.165) is 40.3 Å². The number of piperidine rings is 1. The Morgan fingerprint density at radius 2 is 2.00 bits per heavy atom. The summed E-state index contributed by atoms with van der Waals surface area (Å²) in [5, 5.41) is 11.3. The lowest BCUT2D eigenvalue weighted by Gasteiger charge is -2.30. The van der Waals surface area contributed by atoms with Crippen molar-refractivity contribution in [1.82, 2.24) is 15.1 Å². The first-order chi connectivity index (χ1) is 14.6. The number of halogens is 1. The summed E-state index contributed by atoms with van der Waals surface area (Å²) in [4.78, 5) is 15.8. The Balaban J connectivity index is 1.13. The molecule has 0 spiro atoms. The minimum absolute atomic E-state index is 0.0200. The molecule has 10 heteroatoms. The van der Waals surface area contributed by atoms with Gasteiger partial charge in [-0.1, -0.05) is 0 Å². The summed E-state index contributed by atoms with van der Waals surface area (Å²) in [5.41, 5.74) is 0.727. The van der Waals surface area contributed by atoms with Crippen molar-refractivity contribution in [3.05, 3.63) is 40.0 Å². The normalized spacial score (nSPS) is 16.7. The van der Waals surface area contributed by atoms with Crippen LogP contribution in [0.2, 0.25) is 0 Å². The highest BCUT2D eigenvalue weighted by molar-refractivity contribution is 9.11. The molecule has 2 aromatic heterocycles. The predicted octanol–water partition coefficient (Wildman–Crippen LogP) is 4.14. The molecule has 1 saturated heterocycles. The second kappa shape index (κ2) is 8.37. The molecule has 1 aromatic carbocycles. The molecule has 0 radical (unpaired) electrons. The molecule has 0 bridgehead atoms. The van der Waals surface area contributed by atoms with E-state index in [2.05, 4.69) is 36.3 Å². The fourth-order valence-electron chi connectivity index (χ4n) is 3.61. The minimum atomic E-state index is -0.0200. The number of rotatable bonds is 5. The van der Waals surface area contributed by atoms with Gasteiger partial charge in [-0.05, 0) is 66.1 Å². The fraction of sp³-hybridized carbons (Fsp3) is 0.350. The molecule has 2 aliphatic heterocycles. The van der Waals surface area contributed by atoms with Crippen molar-refractivity contribution in [3.63, 3.8) is 0 Å². The highest BCUT2D eigenvalue weighted by atomic mass is 79.9. The minimum Gasteiger partial charge on any atom is -0.454 e. The third kappa shape index (κ3) is 4.21. The van der Waals surface area contributed by atoms with E-state index in [1.54, 1.807) is 17.4 Å². The van der Waals surface area contributed by atoms with Gasteiger partial charge in [-0.25, -0.2) is 0 Å². The molecule has 5 rings (SSSR count). The van der Waals surface area contributed by atoms with E-state index in [4.69, 9.17) is 13.9 Å². The van der Waals surface area contributed by atoms with Crippen molar-refractivity contribution >= 4 is 38.9 Å². The van der Waals surface area contributed by atoms with E-state index in [1.807, 2.05) is 24.3 Å². The maximum absolute atomic E-state index is 12.6. The number of likely N-dealkylation sites (tertiary alicyclic amines) is 1. The van der Waals surface area contributed by atoms with Crippen LogP contribution in [0.3, 0.4) is 0 Å². The molecular weight excluding hydrogens is 472 g/mol. The van der Waals surface area contributed by atoms with Crippen LogP contribution in [0, 0.1) is 5.92 Å². The first-order valence-electron chi connectivity index (χ1n) is 9.65. The molecule has 30 heavy (non-hydrogen) atoms. The second-order valence-electron chi connectivity index (χ2n) is 7.21. The standard InChI is InChI=1S/C20H19BrN4O4S/c21-17-4-3-16(30-17)20-24-23-18(29-20)10-25-7-5-12(6-8-25)19(26)22-13-1-2-14-15(9-13)28-11-27-14/h1-4,9,12H,5-8,10-11H2,(H,22,26). The Bertz CT molecular complexity index is 1060. The average Bonchev–Trinajstić information content (AvgIpc) is 3.49. The van der Waals surface area contributed by atoms with Crippen molar-refractivity contribution < 1.29 is 18.7 Å². The zero-order valence-corrected chi connectivity index (χ0v) is 18.4. The maximum atomic E-state index is 12.6. The summed E-state index contributed by atoms with van der Waals surface area (Å²) in [7, 11) is 0. The van der Waals surface area contributed by atoms with Gasteiger partial charge in [-0.15, -0.1) is 21.5 Å². The lowest BCUT2D eigenvalue weighted by molar-refractivity contribution is -0.121. The number of nitrogens with zero attached hydrogens (tertiary/aromatic N) is 3. The smallest absolute Gasteiger partial charge is 0.257 e. The molecule has 2 aliphatic rings. The summed E-state index contributed by atoms with van der Waals surface area (Å²) in [6, 6.07) is 9.36. The SMILES string of the molecule is O=C(Nc1ccc2c(c1)OCO2)C1CCN(Cc2nnc(-c3ccc(Br)s3)o2)CC1. The number of carbonyl (C=O) groups is 1. The van der Waals surface area contributed by atoms with E-state index in [1.165, 1.54) is 0 Å². The molecule has 8 nitrogen and oxygen atoms in total. The number of carbonyl (C=O) groups excluding carboxylic acids is 1. The molecule has 1 N–H and O–H groups in total. The summed E-state index contributed by atoms with van der Waals surface area (Å²) in [5.74, 6) is 2.52. The highest BCUT2D eigenvalue weighted by Crippen LogP contribution is 2.34. The monoisotopic (exact) mass is 490 g/mol. The molecule has 4 heterocycles. The van der Waals surface area contributed by atoms with Crippen LogP contribution in [0.1, 0.15) is 18.7 Å². The number of fused-ring (bicyclic) bond motifs is 1. The van der Waals surface area contributed by atoms with Crippen LogP contribution in [0.4, 0.5) is 5.69 Å².